The molecular weight excluding hydrogens is 326 g/mol. The van der Waals surface area contributed by atoms with Crippen LogP contribution in [0.1, 0.15) is 10.5 Å². The fourth-order valence-corrected chi connectivity index (χ4v) is 3.22. The highest BCUT2D eigenvalue weighted by Gasteiger charge is 2.17. The molecule has 2 aromatic heterocycles. The molecule has 1 aliphatic heterocycles. The van der Waals surface area contributed by atoms with E-state index in [4.69, 9.17) is 9.47 Å². The van der Waals surface area contributed by atoms with Crippen LogP contribution in [0.4, 0.5) is 5.69 Å². The molecule has 122 valence electrons. The van der Waals surface area contributed by atoms with Crippen molar-refractivity contribution in [1.82, 2.24) is 9.78 Å². The van der Waals surface area contributed by atoms with Crippen LogP contribution < -0.4 is 14.8 Å². The molecule has 0 spiro atoms. The van der Waals surface area contributed by atoms with E-state index < -0.39 is 0 Å². The van der Waals surface area contributed by atoms with Crippen molar-refractivity contribution in [1.29, 1.82) is 0 Å². The lowest BCUT2D eigenvalue weighted by Crippen LogP contribution is -2.18. The average Bonchev–Trinajstić information content (AvgIpc) is 3.24. The van der Waals surface area contributed by atoms with Crippen molar-refractivity contribution in [2.45, 2.75) is 0 Å². The Morgan fingerprint density at radius 1 is 1.21 bits per heavy atom. The van der Waals surface area contributed by atoms with Gasteiger partial charge in [-0.1, -0.05) is 6.07 Å². The third kappa shape index (κ3) is 2.74. The van der Waals surface area contributed by atoms with Crippen LogP contribution in [0.3, 0.4) is 0 Å². The molecule has 1 amide bonds. The first kappa shape index (κ1) is 14.8. The van der Waals surface area contributed by atoms with Gasteiger partial charge in [0.25, 0.3) is 5.91 Å². The molecule has 7 heteroatoms. The molecule has 24 heavy (non-hydrogen) atoms. The molecule has 0 atom stereocenters. The summed E-state index contributed by atoms with van der Waals surface area (Å²) in [5.41, 5.74) is 1.94. The Labute approximate surface area is 142 Å². The zero-order chi connectivity index (χ0) is 16.5. The molecule has 0 unspecified atom stereocenters. The van der Waals surface area contributed by atoms with E-state index in [1.807, 2.05) is 17.5 Å². The van der Waals surface area contributed by atoms with E-state index in [9.17, 15) is 4.79 Å². The van der Waals surface area contributed by atoms with Gasteiger partial charge in [-0.2, -0.15) is 5.10 Å². The zero-order valence-corrected chi connectivity index (χ0v) is 13.8. The molecule has 0 saturated carbocycles. The molecule has 1 aromatic carbocycles. The summed E-state index contributed by atoms with van der Waals surface area (Å²) >= 11 is 1.59. The third-order valence-corrected chi connectivity index (χ3v) is 4.58. The predicted octanol–water partition coefficient (Wildman–Crippen LogP) is 3.17. The quantitative estimate of drug-likeness (QED) is 0.795. The number of nitrogens with one attached hydrogen (secondary N) is 1. The number of thiophene rings is 1. The summed E-state index contributed by atoms with van der Waals surface area (Å²) in [6.07, 6.45) is 0. The minimum absolute atomic E-state index is 0.218. The summed E-state index contributed by atoms with van der Waals surface area (Å²) in [6.45, 7) is 1.05. The number of hydrogen-bond donors (Lipinski definition) is 1. The topological polar surface area (TPSA) is 65.4 Å². The first-order valence-electron chi connectivity index (χ1n) is 7.49. The second kappa shape index (κ2) is 6.01. The number of carbonyl (C=O) groups is 1. The Morgan fingerprint density at radius 2 is 2.04 bits per heavy atom. The van der Waals surface area contributed by atoms with E-state index in [2.05, 4.69) is 10.4 Å². The van der Waals surface area contributed by atoms with Gasteiger partial charge in [0, 0.05) is 18.8 Å². The Kier molecular flexibility index (Phi) is 3.70. The lowest BCUT2D eigenvalue weighted by Gasteiger charge is -2.19. The summed E-state index contributed by atoms with van der Waals surface area (Å²) in [4.78, 5) is 13.6. The molecule has 6 nitrogen and oxygen atoms in total. The van der Waals surface area contributed by atoms with E-state index in [1.54, 1.807) is 47.3 Å². The molecule has 4 rings (SSSR count). The molecule has 0 saturated heterocycles. The van der Waals surface area contributed by atoms with E-state index in [0.717, 1.165) is 10.6 Å². The van der Waals surface area contributed by atoms with Crippen molar-refractivity contribution in [2.24, 2.45) is 7.05 Å². The van der Waals surface area contributed by atoms with Crippen LogP contribution in [0.15, 0.2) is 41.8 Å². The number of benzene rings is 1. The maximum Gasteiger partial charge on any atom is 0.273 e. The number of anilines is 1. The number of nitrogens with zero attached hydrogens (tertiary/aromatic N) is 2. The van der Waals surface area contributed by atoms with E-state index in [0.29, 0.717) is 36.1 Å². The molecule has 0 bridgehead atoms. The Balaban J connectivity index is 1.56. The van der Waals surface area contributed by atoms with Gasteiger partial charge >= 0.3 is 0 Å². The smallest absolute Gasteiger partial charge is 0.273 e. The van der Waals surface area contributed by atoms with Gasteiger partial charge in [0.15, 0.2) is 11.5 Å². The average molecular weight is 341 g/mol. The van der Waals surface area contributed by atoms with Crippen LogP contribution in [0.2, 0.25) is 0 Å². The number of rotatable bonds is 3. The van der Waals surface area contributed by atoms with Gasteiger partial charge < -0.3 is 14.8 Å². The normalized spacial score (nSPS) is 12.9. The number of ether oxygens (including phenoxy) is 2. The van der Waals surface area contributed by atoms with Crippen LogP contribution >= 0.6 is 11.3 Å². The maximum absolute atomic E-state index is 12.5. The van der Waals surface area contributed by atoms with Crippen molar-refractivity contribution in [3.8, 4) is 22.1 Å². The molecule has 1 N–H and O–H groups in total. The SMILES string of the molecule is Cn1nc(-c2cccs2)cc1C(=O)Nc1ccc2c(c1)OCCO2. The van der Waals surface area contributed by atoms with Crippen molar-refractivity contribution in [3.63, 3.8) is 0 Å². The first-order valence-corrected chi connectivity index (χ1v) is 8.37. The summed E-state index contributed by atoms with van der Waals surface area (Å²) in [6, 6.07) is 11.1. The standard InChI is InChI=1S/C17H15N3O3S/c1-20-13(10-12(19-20)16-3-2-8-24-16)17(21)18-11-4-5-14-15(9-11)23-7-6-22-14/h2-5,8-10H,6-7H2,1H3,(H,18,21). The fourth-order valence-electron chi connectivity index (χ4n) is 2.54. The van der Waals surface area contributed by atoms with Crippen LogP contribution in [0.5, 0.6) is 11.5 Å². The number of aryl methyl sites for hydroxylation is 1. The molecule has 3 aromatic rings. The lowest BCUT2D eigenvalue weighted by atomic mass is 10.2. The maximum atomic E-state index is 12.5. The van der Waals surface area contributed by atoms with Crippen LogP contribution in [-0.2, 0) is 7.05 Å². The monoisotopic (exact) mass is 341 g/mol. The minimum Gasteiger partial charge on any atom is -0.486 e. The van der Waals surface area contributed by atoms with Crippen molar-refractivity contribution in [2.75, 3.05) is 18.5 Å². The number of hydrogen-bond acceptors (Lipinski definition) is 5. The predicted molar refractivity (Wildman–Crippen MR) is 91.9 cm³/mol. The molecule has 0 fully saturated rings. The molecule has 0 radical (unpaired) electrons. The highest BCUT2D eigenvalue weighted by molar-refractivity contribution is 7.13. The van der Waals surface area contributed by atoms with Gasteiger partial charge in [-0.15, -0.1) is 11.3 Å². The minimum atomic E-state index is -0.218. The number of aromatic nitrogens is 2. The van der Waals surface area contributed by atoms with Gasteiger partial charge in [-0.05, 0) is 29.6 Å². The molecule has 3 heterocycles. The highest BCUT2D eigenvalue weighted by atomic mass is 32.1. The largest absolute Gasteiger partial charge is 0.486 e. The van der Waals surface area contributed by atoms with Crippen LogP contribution in [-0.4, -0.2) is 28.9 Å². The van der Waals surface area contributed by atoms with Crippen molar-refractivity contribution in [3.05, 3.63) is 47.5 Å². The Hall–Kier alpha value is -2.80. The van der Waals surface area contributed by atoms with Crippen LogP contribution in [0, 0.1) is 0 Å². The third-order valence-electron chi connectivity index (χ3n) is 3.69. The van der Waals surface area contributed by atoms with Gasteiger partial charge in [-0.3, -0.25) is 9.48 Å². The van der Waals surface area contributed by atoms with Crippen LogP contribution in [0.25, 0.3) is 10.6 Å². The zero-order valence-electron chi connectivity index (χ0n) is 13.0. The lowest BCUT2D eigenvalue weighted by molar-refractivity contribution is 0.101. The fraction of sp³-hybridized carbons (Fsp3) is 0.176. The second-order valence-electron chi connectivity index (χ2n) is 5.33. The van der Waals surface area contributed by atoms with Crippen molar-refractivity contribution < 1.29 is 14.3 Å². The van der Waals surface area contributed by atoms with Gasteiger partial charge in [-0.25, -0.2) is 0 Å². The number of amides is 1. The van der Waals surface area contributed by atoms with Crippen molar-refractivity contribution >= 4 is 22.9 Å². The van der Waals surface area contributed by atoms with E-state index in [1.165, 1.54) is 0 Å². The summed E-state index contributed by atoms with van der Waals surface area (Å²) < 4.78 is 12.6. The number of carbonyl (C=O) groups excluding carboxylic acids is 1. The summed E-state index contributed by atoms with van der Waals surface area (Å²) in [5.74, 6) is 1.12. The highest BCUT2D eigenvalue weighted by Crippen LogP contribution is 2.32. The van der Waals surface area contributed by atoms with Gasteiger partial charge in [0.2, 0.25) is 0 Å². The molecule has 1 aliphatic rings. The Morgan fingerprint density at radius 3 is 2.83 bits per heavy atom. The first-order chi connectivity index (χ1) is 11.7. The molecular formula is C17H15N3O3S. The molecule has 0 aliphatic carbocycles. The van der Waals surface area contributed by atoms with Gasteiger partial charge in [0.1, 0.15) is 24.6 Å². The number of fused-ring (bicyclic) bond motifs is 1. The summed E-state index contributed by atoms with van der Waals surface area (Å²) in [7, 11) is 1.76. The Bertz CT molecular complexity index is 887. The van der Waals surface area contributed by atoms with Gasteiger partial charge in [0.05, 0.1) is 4.88 Å². The second-order valence-corrected chi connectivity index (χ2v) is 6.28. The van der Waals surface area contributed by atoms with E-state index >= 15 is 0 Å². The summed E-state index contributed by atoms with van der Waals surface area (Å²) in [5, 5.41) is 9.27. The van der Waals surface area contributed by atoms with E-state index in [-0.39, 0.29) is 5.91 Å².